The highest BCUT2D eigenvalue weighted by Crippen LogP contribution is 2.23. The van der Waals surface area contributed by atoms with Crippen molar-refractivity contribution in [2.45, 2.75) is 66.2 Å². The van der Waals surface area contributed by atoms with E-state index in [1.165, 1.54) is 38.5 Å². The predicted molar refractivity (Wildman–Crippen MR) is 62.0 cm³/mol. The van der Waals surface area contributed by atoms with Crippen LogP contribution in [-0.2, 0) is 0 Å². The van der Waals surface area contributed by atoms with Gasteiger partial charge in [-0.15, -0.1) is 0 Å². The fraction of sp³-hybridized carbons (Fsp3) is 0.846. The van der Waals surface area contributed by atoms with Gasteiger partial charge in [0, 0.05) is 0 Å². The molecule has 0 heterocycles. The summed E-state index contributed by atoms with van der Waals surface area (Å²) in [7, 11) is 0. The summed E-state index contributed by atoms with van der Waals surface area (Å²) in [6.07, 6.45) is 10.5. The van der Waals surface area contributed by atoms with Crippen LogP contribution in [0.4, 0.5) is 0 Å². The Bertz CT molecular complexity index is 125. The van der Waals surface area contributed by atoms with E-state index in [0.29, 0.717) is 0 Å². The highest BCUT2D eigenvalue weighted by Gasteiger charge is 2.08. The van der Waals surface area contributed by atoms with Crippen molar-refractivity contribution in [2.24, 2.45) is 5.92 Å². The third-order valence-corrected chi connectivity index (χ3v) is 2.91. The molecular weight excluding hydrogens is 156 g/mol. The zero-order chi connectivity index (χ0) is 10.1. The van der Waals surface area contributed by atoms with E-state index in [0.717, 1.165) is 5.92 Å². The first-order valence-electron chi connectivity index (χ1n) is 5.89. The van der Waals surface area contributed by atoms with Gasteiger partial charge in [-0.05, 0) is 32.6 Å². The SMILES string of the molecule is CC=C(C)C(CCCC)CCCC. The van der Waals surface area contributed by atoms with Crippen molar-refractivity contribution < 1.29 is 0 Å². The van der Waals surface area contributed by atoms with Crippen LogP contribution in [0.3, 0.4) is 0 Å². The van der Waals surface area contributed by atoms with Crippen molar-refractivity contribution in [3.05, 3.63) is 11.6 Å². The third-order valence-electron chi connectivity index (χ3n) is 2.91. The minimum Gasteiger partial charge on any atom is -0.0885 e. The fourth-order valence-corrected chi connectivity index (χ4v) is 1.74. The smallest absolute Gasteiger partial charge is 0.0206 e. The molecule has 13 heavy (non-hydrogen) atoms. The maximum Gasteiger partial charge on any atom is -0.0206 e. The fourth-order valence-electron chi connectivity index (χ4n) is 1.74. The van der Waals surface area contributed by atoms with Crippen LogP contribution < -0.4 is 0 Å². The standard InChI is InChI=1S/C13H26/c1-5-8-10-13(11-9-6-2)12(4)7-3/h7,13H,5-6,8-11H2,1-4H3. The van der Waals surface area contributed by atoms with Gasteiger partial charge in [0.05, 0.1) is 0 Å². The summed E-state index contributed by atoms with van der Waals surface area (Å²) >= 11 is 0. The van der Waals surface area contributed by atoms with Gasteiger partial charge in [0.25, 0.3) is 0 Å². The summed E-state index contributed by atoms with van der Waals surface area (Å²) in [5.41, 5.74) is 1.60. The Morgan fingerprint density at radius 1 is 1.08 bits per heavy atom. The Kier molecular flexibility index (Phi) is 8.18. The maximum absolute atomic E-state index is 2.29. The lowest BCUT2D eigenvalue weighted by atomic mass is 9.89. The van der Waals surface area contributed by atoms with Gasteiger partial charge in [-0.3, -0.25) is 0 Å². The highest BCUT2D eigenvalue weighted by atomic mass is 14.1. The Hall–Kier alpha value is -0.260. The lowest BCUT2D eigenvalue weighted by molar-refractivity contribution is 0.475. The monoisotopic (exact) mass is 182 g/mol. The predicted octanol–water partition coefficient (Wildman–Crippen LogP) is 4.95. The van der Waals surface area contributed by atoms with E-state index in [9.17, 15) is 0 Å². The van der Waals surface area contributed by atoms with Crippen molar-refractivity contribution in [3.63, 3.8) is 0 Å². The molecule has 0 atom stereocenters. The Balaban J connectivity index is 3.87. The second-order valence-corrected chi connectivity index (χ2v) is 4.01. The summed E-state index contributed by atoms with van der Waals surface area (Å²) in [6, 6.07) is 0. The van der Waals surface area contributed by atoms with Gasteiger partial charge in [0.2, 0.25) is 0 Å². The molecule has 0 rings (SSSR count). The van der Waals surface area contributed by atoms with E-state index >= 15 is 0 Å². The van der Waals surface area contributed by atoms with Crippen molar-refractivity contribution in [1.29, 1.82) is 0 Å². The minimum absolute atomic E-state index is 0.866. The van der Waals surface area contributed by atoms with Crippen molar-refractivity contribution in [3.8, 4) is 0 Å². The molecule has 0 nitrogen and oxygen atoms in total. The molecule has 0 unspecified atom stereocenters. The van der Waals surface area contributed by atoms with E-state index in [2.05, 4.69) is 33.8 Å². The molecule has 0 aliphatic heterocycles. The topological polar surface area (TPSA) is 0 Å². The molecule has 0 saturated heterocycles. The average Bonchev–Trinajstić information content (AvgIpc) is 2.17. The van der Waals surface area contributed by atoms with E-state index < -0.39 is 0 Å². The maximum atomic E-state index is 2.29. The van der Waals surface area contributed by atoms with Crippen LogP contribution in [0.5, 0.6) is 0 Å². The van der Waals surface area contributed by atoms with Crippen LogP contribution >= 0.6 is 0 Å². The molecule has 0 saturated carbocycles. The first-order valence-corrected chi connectivity index (χ1v) is 5.89. The van der Waals surface area contributed by atoms with Gasteiger partial charge in [-0.25, -0.2) is 0 Å². The molecule has 0 aliphatic carbocycles. The van der Waals surface area contributed by atoms with Crippen LogP contribution in [0.1, 0.15) is 66.2 Å². The van der Waals surface area contributed by atoms with Crippen molar-refractivity contribution in [1.82, 2.24) is 0 Å². The first kappa shape index (κ1) is 12.7. The summed E-state index contributed by atoms with van der Waals surface area (Å²) in [5, 5.41) is 0. The summed E-state index contributed by atoms with van der Waals surface area (Å²) in [5.74, 6) is 0.866. The van der Waals surface area contributed by atoms with Crippen LogP contribution in [0.2, 0.25) is 0 Å². The van der Waals surface area contributed by atoms with Crippen LogP contribution in [-0.4, -0.2) is 0 Å². The molecule has 0 N–H and O–H groups in total. The molecule has 0 bridgehead atoms. The molecule has 0 aromatic rings. The van der Waals surface area contributed by atoms with E-state index in [1.807, 2.05) is 0 Å². The largest absolute Gasteiger partial charge is 0.0885 e. The molecule has 0 fully saturated rings. The summed E-state index contributed by atoms with van der Waals surface area (Å²) < 4.78 is 0. The molecule has 0 amide bonds. The normalized spacial score (nSPS) is 12.5. The van der Waals surface area contributed by atoms with E-state index in [4.69, 9.17) is 0 Å². The molecule has 78 valence electrons. The average molecular weight is 182 g/mol. The Labute approximate surface area is 84.4 Å². The van der Waals surface area contributed by atoms with Crippen LogP contribution in [0.25, 0.3) is 0 Å². The number of hydrogen-bond acceptors (Lipinski definition) is 0. The number of allylic oxidation sites excluding steroid dienone is 2. The second kappa shape index (κ2) is 8.34. The lowest BCUT2D eigenvalue weighted by Gasteiger charge is -2.16. The highest BCUT2D eigenvalue weighted by molar-refractivity contribution is 5.01. The number of unbranched alkanes of at least 4 members (excludes halogenated alkanes) is 2. The molecule has 0 radical (unpaired) electrons. The van der Waals surface area contributed by atoms with Gasteiger partial charge >= 0.3 is 0 Å². The molecule has 0 aliphatic rings. The van der Waals surface area contributed by atoms with Gasteiger partial charge in [-0.2, -0.15) is 0 Å². The summed E-state index contributed by atoms with van der Waals surface area (Å²) in [4.78, 5) is 0. The van der Waals surface area contributed by atoms with Gasteiger partial charge < -0.3 is 0 Å². The first-order chi connectivity index (χ1) is 6.26. The molecule has 0 spiro atoms. The van der Waals surface area contributed by atoms with Crippen molar-refractivity contribution >= 4 is 0 Å². The number of hydrogen-bond donors (Lipinski definition) is 0. The summed E-state index contributed by atoms with van der Waals surface area (Å²) in [6.45, 7) is 9.01. The Morgan fingerprint density at radius 2 is 1.54 bits per heavy atom. The van der Waals surface area contributed by atoms with Crippen LogP contribution in [0, 0.1) is 5.92 Å². The third kappa shape index (κ3) is 5.90. The van der Waals surface area contributed by atoms with Gasteiger partial charge in [0.1, 0.15) is 0 Å². The van der Waals surface area contributed by atoms with Gasteiger partial charge in [0.15, 0.2) is 0 Å². The Morgan fingerprint density at radius 3 is 1.85 bits per heavy atom. The minimum atomic E-state index is 0.866. The van der Waals surface area contributed by atoms with Crippen molar-refractivity contribution in [2.75, 3.05) is 0 Å². The lowest BCUT2D eigenvalue weighted by Crippen LogP contribution is -2.02. The van der Waals surface area contributed by atoms with Gasteiger partial charge in [-0.1, -0.05) is 51.2 Å². The number of rotatable bonds is 7. The van der Waals surface area contributed by atoms with Crippen LogP contribution in [0.15, 0.2) is 11.6 Å². The molecular formula is C13H26. The quantitative estimate of drug-likeness (QED) is 0.489. The van der Waals surface area contributed by atoms with E-state index in [1.54, 1.807) is 5.57 Å². The molecule has 0 heteroatoms. The zero-order valence-corrected chi connectivity index (χ0v) is 9.90. The molecule has 0 aromatic carbocycles. The molecule has 0 aromatic heterocycles. The van der Waals surface area contributed by atoms with E-state index in [-0.39, 0.29) is 0 Å². The second-order valence-electron chi connectivity index (χ2n) is 4.01. The zero-order valence-electron chi connectivity index (χ0n) is 9.90.